The van der Waals surface area contributed by atoms with Gasteiger partial charge in [-0.05, 0) is 34.6 Å². The van der Waals surface area contributed by atoms with Crippen LogP contribution in [0.2, 0.25) is 0 Å². The molecule has 0 aliphatic carbocycles. The van der Waals surface area contributed by atoms with Crippen molar-refractivity contribution in [2.24, 2.45) is 0 Å². The van der Waals surface area contributed by atoms with Gasteiger partial charge in [0, 0.05) is 12.0 Å². The second-order valence-corrected chi connectivity index (χ2v) is 5.07. The molecule has 1 aliphatic heterocycles. The zero-order valence-electron chi connectivity index (χ0n) is 8.56. The molecule has 1 amide bonds. The van der Waals surface area contributed by atoms with E-state index in [4.69, 9.17) is 0 Å². The van der Waals surface area contributed by atoms with Crippen molar-refractivity contribution in [3.8, 4) is 0 Å². The summed E-state index contributed by atoms with van der Waals surface area (Å²) >= 11 is 0. The van der Waals surface area contributed by atoms with Crippen LogP contribution in [0, 0.1) is 0 Å². The lowest BCUT2D eigenvalue weighted by Gasteiger charge is -2.33. The van der Waals surface area contributed by atoms with Crippen molar-refractivity contribution < 1.29 is 4.79 Å². The van der Waals surface area contributed by atoms with Crippen molar-refractivity contribution in [3.05, 3.63) is 0 Å². The maximum Gasteiger partial charge on any atom is 0.239 e. The van der Waals surface area contributed by atoms with Crippen LogP contribution >= 0.6 is 0 Å². The summed E-state index contributed by atoms with van der Waals surface area (Å²) in [6, 6.07) is 0. The van der Waals surface area contributed by atoms with E-state index in [1.54, 1.807) is 5.01 Å². The van der Waals surface area contributed by atoms with Crippen LogP contribution < -0.4 is 5.43 Å². The highest BCUT2D eigenvalue weighted by Gasteiger charge is 2.40. The second kappa shape index (κ2) is 2.46. The van der Waals surface area contributed by atoms with E-state index in [1.165, 1.54) is 0 Å². The molecule has 0 atom stereocenters. The highest BCUT2D eigenvalue weighted by molar-refractivity contribution is 5.79. The molecule has 70 valence electrons. The maximum absolute atomic E-state index is 11.5. The van der Waals surface area contributed by atoms with Crippen molar-refractivity contribution in [1.82, 2.24) is 10.4 Å². The van der Waals surface area contributed by atoms with Gasteiger partial charge >= 0.3 is 0 Å². The summed E-state index contributed by atoms with van der Waals surface area (Å²) in [6.45, 7) is 10.2. The number of carbonyl (C=O) groups is 1. The molecule has 3 nitrogen and oxygen atoms in total. The molecule has 0 unspecified atom stereocenters. The van der Waals surface area contributed by atoms with Crippen LogP contribution in [0.5, 0.6) is 0 Å². The Labute approximate surface area is 74.1 Å². The van der Waals surface area contributed by atoms with Crippen molar-refractivity contribution >= 4 is 5.91 Å². The first-order chi connectivity index (χ1) is 5.22. The summed E-state index contributed by atoms with van der Waals surface area (Å²) in [6.07, 6.45) is 0.588. The van der Waals surface area contributed by atoms with E-state index >= 15 is 0 Å². The third kappa shape index (κ3) is 1.78. The first-order valence-corrected chi connectivity index (χ1v) is 4.33. The number of nitrogens with zero attached hydrogens (tertiary/aromatic N) is 1. The first kappa shape index (κ1) is 9.52. The molecule has 1 N–H and O–H groups in total. The highest BCUT2D eigenvalue weighted by atomic mass is 16.2. The third-order valence-electron chi connectivity index (χ3n) is 1.93. The fourth-order valence-corrected chi connectivity index (χ4v) is 1.40. The molecule has 1 rings (SSSR count). The molecule has 0 aromatic rings. The predicted molar refractivity (Wildman–Crippen MR) is 48.4 cm³/mol. The van der Waals surface area contributed by atoms with Crippen molar-refractivity contribution in [2.45, 2.75) is 52.1 Å². The van der Waals surface area contributed by atoms with E-state index in [-0.39, 0.29) is 17.0 Å². The molecule has 1 aliphatic rings. The summed E-state index contributed by atoms with van der Waals surface area (Å²) in [5.74, 6) is 0.188. The van der Waals surface area contributed by atoms with Gasteiger partial charge in [0.1, 0.15) is 0 Å². The Kier molecular flexibility index (Phi) is 1.95. The number of carbonyl (C=O) groups excluding carboxylic acids is 1. The first-order valence-electron chi connectivity index (χ1n) is 4.33. The fourth-order valence-electron chi connectivity index (χ4n) is 1.40. The topological polar surface area (TPSA) is 32.3 Å². The Morgan fingerprint density at radius 1 is 1.42 bits per heavy atom. The summed E-state index contributed by atoms with van der Waals surface area (Å²) in [5.41, 5.74) is 3.00. The van der Waals surface area contributed by atoms with Gasteiger partial charge in [0.2, 0.25) is 5.91 Å². The lowest BCUT2D eigenvalue weighted by atomic mass is 10.0. The number of hydrazine groups is 1. The van der Waals surface area contributed by atoms with Gasteiger partial charge in [0.15, 0.2) is 0 Å². The van der Waals surface area contributed by atoms with Gasteiger partial charge in [-0.1, -0.05) is 0 Å². The zero-order valence-corrected chi connectivity index (χ0v) is 8.56. The maximum atomic E-state index is 11.5. The van der Waals surface area contributed by atoms with E-state index < -0.39 is 0 Å². The molecule has 0 bridgehead atoms. The summed E-state index contributed by atoms with van der Waals surface area (Å²) in [7, 11) is 0. The molecule has 0 saturated carbocycles. The van der Waals surface area contributed by atoms with E-state index in [1.807, 2.05) is 34.6 Å². The molecule has 1 heterocycles. The normalized spacial score (nSPS) is 23.4. The summed E-state index contributed by atoms with van der Waals surface area (Å²) < 4.78 is 0. The minimum Gasteiger partial charge on any atom is -0.273 e. The van der Waals surface area contributed by atoms with Crippen LogP contribution in [0.25, 0.3) is 0 Å². The predicted octanol–water partition coefficient (Wildman–Crippen LogP) is 1.30. The van der Waals surface area contributed by atoms with Crippen molar-refractivity contribution in [3.63, 3.8) is 0 Å². The molecule has 3 heteroatoms. The highest BCUT2D eigenvalue weighted by Crippen LogP contribution is 2.24. The Hall–Kier alpha value is -0.570. The average molecular weight is 170 g/mol. The molecule has 12 heavy (non-hydrogen) atoms. The van der Waals surface area contributed by atoms with Gasteiger partial charge in [0.25, 0.3) is 0 Å². The average Bonchev–Trinajstić information content (AvgIpc) is 2.03. The number of amides is 1. The van der Waals surface area contributed by atoms with Gasteiger partial charge in [-0.2, -0.15) is 0 Å². The van der Waals surface area contributed by atoms with Crippen molar-refractivity contribution in [1.29, 1.82) is 0 Å². The SMILES string of the molecule is CC1(C)CC(=O)N(C(C)(C)C)N1. The zero-order chi connectivity index (χ0) is 9.57. The molecule has 1 saturated heterocycles. The van der Waals surface area contributed by atoms with Crippen LogP contribution in [0.1, 0.15) is 41.0 Å². The Bertz CT molecular complexity index is 203. The van der Waals surface area contributed by atoms with E-state index in [0.29, 0.717) is 6.42 Å². The number of rotatable bonds is 0. The molecule has 0 spiro atoms. The molecule has 0 aromatic heterocycles. The molecule has 1 fully saturated rings. The fraction of sp³-hybridized carbons (Fsp3) is 0.889. The minimum atomic E-state index is -0.120. The molecular formula is C9H18N2O. The molecule has 0 aromatic carbocycles. The van der Waals surface area contributed by atoms with Gasteiger partial charge in [-0.25, -0.2) is 5.43 Å². The van der Waals surface area contributed by atoms with Gasteiger partial charge in [-0.15, -0.1) is 0 Å². The number of hydrogen-bond donors (Lipinski definition) is 1. The Morgan fingerprint density at radius 3 is 2.08 bits per heavy atom. The quantitative estimate of drug-likeness (QED) is 0.594. The van der Waals surface area contributed by atoms with Crippen LogP contribution in [0.15, 0.2) is 0 Å². The third-order valence-corrected chi connectivity index (χ3v) is 1.93. The molecular weight excluding hydrogens is 152 g/mol. The van der Waals surface area contributed by atoms with E-state index in [9.17, 15) is 4.79 Å². The van der Waals surface area contributed by atoms with Crippen LogP contribution in [-0.2, 0) is 4.79 Å². The smallest absolute Gasteiger partial charge is 0.239 e. The Balaban J connectivity index is 2.78. The van der Waals surface area contributed by atoms with Crippen LogP contribution in [0.3, 0.4) is 0 Å². The minimum absolute atomic E-state index is 0.0790. The van der Waals surface area contributed by atoms with Gasteiger partial charge in [-0.3, -0.25) is 9.80 Å². The van der Waals surface area contributed by atoms with E-state index in [2.05, 4.69) is 5.43 Å². The lowest BCUT2D eigenvalue weighted by Crippen LogP contribution is -2.52. The largest absolute Gasteiger partial charge is 0.273 e. The second-order valence-electron chi connectivity index (χ2n) is 5.07. The summed E-state index contributed by atoms with van der Waals surface area (Å²) in [5, 5.41) is 1.73. The molecule has 0 radical (unpaired) electrons. The Morgan fingerprint density at radius 2 is 1.92 bits per heavy atom. The summed E-state index contributed by atoms with van der Waals surface area (Å²) in [4.78, 5) is 11.5. The number of hydrogen-bond acceptors (Lipinski definition) is 2. The number of nitrogens with one attached hydrogen (secondary N) is 1. The van der Waals surface area contributed by atoms with Crippen LogP contribution in [-0.4, -0.2) is 22.0 Å². The lowest BCUT2D eigenvalue weighted by molar-refractivity contribution is -0.134. The van der Waals surface area contributed by atoms with Gasteiger partial charge < -0.3 is 0 Å². The monoisotopic (exact) mass is 170 g/mol. The van der Waals surface area contributed by atoms with E-state index in [0.717, 1.165) is 0 Å². The standard InChI is InChI=1S/C9H18N2O/c1-8(2,3)11-7(12)6-9(4,5)10-11/h10H,6H2,1-5H3. The van der Waals surface area contributed by atoms with Crippen LogP contribution in [0.4, 0.5) is 0 Å². The van der Waals surface area contributed by atoms with Gasteiger partial charge in [0.05, 0.1) is 5.54 Å². The van der Waals surface area contributed by atoms with Crippen molar-refractivity contribution in [2.75, 3.05) is 0 Å².